The van der Waals surface area contributed by atoms with E-state index in [1.165, 1.54) is 5.57 Å². The minimum Gasteiger partial charge on any atom is -0.457 e. The topological polar surface area (TPSA) is 81.3 Å². The fourth-order valence-electron chi connectivity index (χ4n) is 5.53. The largest absolute Gasteiger partial charge is 0.457 e. The van der Waals surface area contributed by atoms with Crippen LogP contribution in [0.4, 0.5) is 13.2 Å². The van der Waals surface area contributed by atoms with Crippen LogP contribution < -0.4 is 0 Å². The van der Waals surface area contributed by atoms with E-state index < -0.39 is 18.0 Å². The molecule has 1 saturated carbocycles. The number of rotatable bonds is 8. The molecule has 240 valence electrons. The van der Waals surface area contributed by atoms with Gasteiger partial charge in [0.25, 0.3) is 0 Å². The summed E-state index contributed by atoms with van der Waals surface area (Å²) in [4.78, 5) is 24.4. The van der Waals surface area contributed by atoms with Crippen LogP contribution in [-0.2, 0) is 32.0 Å². The van der Waals surface area contributed by atoms with Gasteiger partial charge in [-0.2, -0.15) is 18.4 Å². The number of aromatic nitrogens is 1. The van der Waals surface area contributed by atoms with Crippen molar-refractivity contribution in [3.63, 3.8) is 0 Å². The van der Waals surface area contributed by atoms with E-state index in [-0.39, 0.29) is 64.5 Å². The van der Waals surface area contributed by atoms with Crippen molar-refractivity contribution >= 4 is 39.3 Å². The quantitative estimate of drug-likeness (QED) is 0.156. The summed E-state index contributed by atoms with van der Waals surface area (Å²) in [5, 5.41) is 9.77. The molecule has 2 unspecified atom stereocenters. The minimum atomic E-state index is -4.63. The highest BCUT2D eigenvalue weighted by Crippen LogP contribution is 2.60. The smallest absolute Gasteiger partial charge is 0.432 e. The number of terminal acetylenes is 1. The summed E-state index contributed by atoms with van der Waals surface area (Å²) in [7, 11) is 0. The summed E-state index contributed by atoms with van der Waals surface area (Å²) in [6, 6.07) is 8.06. The molecule has 1 heterocycles. The van der Waals surface area contributed by atoms with E-state index in [9.17, 15) is 28.0 Å². The van der Waals surface area contributed by atoms with Gasteiger partial charge in [-0.3, -0.25) is 9.59 Å². The van der Waals surface area contributed by atoms with Crippen LogP contribution in [0.1, 0.15) is 65.6 Å². The number of hydrogen-bond donors (Lipinski definition) is 0. The summed E-state index contributed by atoms with van der Waals surface area (Å²) < 4.78 is 51.7. The molecule has 0 aliphatic heterocycles. The van der Waals surface area contributed by atoms with Gasteiger partial charge < -0.3 is 14.0 Å². The Kier molecular flexibility index (Phi) is 11.6. The lowest BCUT2D eigenvalue weighted by atomic mass is 10.1. The van der Waals surface area contributed by atoms with E-state index in [1.807, 2.05) is 26.8 Å². The second kappa shape index (κ2) is 14.4. The molecule has 1 aromatic carbocycles. The molecule has 0 N–H and O–H groups in total. The summed E-state index contributed by atoms with van der Waals surface area (Å²) in [5.74, 6) is 2.39. The zero-order valence-corrected chi connectivity index (χ0v) is 28.3. The van der Waals surface area contributed by atoms with Crippen molar-refractivity contribution in [3.05, 3.63) is 67.8 Å². The molecule has 45 heavy (non-hydrogen) atoms. The molecule has 3 atom stereocenters. The number of esters is 1. The van der Waals surface area contributed by atoms with Crippen LogP contribution in [0.2, 0.25) is 5.02 Å². The number of benzene rings is 1. The van der Waals surface area contributed by atoms with E-state index in [1.54, 1.807) is 31.2 Å². The zero-order valence-electron chi connectivity index (χ0n) is 25.9. The monoisotopic (exact) mass is 706 g/mol. The third-order valence-corrected chi connectivity index (χ3v) is 9.03. The number of halogens is 5. The van der Waals surface area contributed by atoms with E-state index in [0.29, 0.717) is 22.6 Å². The molecule has 11 heteroatoms. The maximum absolute atomic E-state index is 13.4. The highest BCUT2D eigenvalue weighted by atomic mass is 79.9. The first-order chi connectivity index (χ1) is 21.0. The van der Waals surface area contributed by atoms with Gasteiger partial charge >= 0.3 is 12.1 Å². The number of carbonyl (C=O) groups is 2. The Hall–Kier alpha value is -3.31. The average Bonchev–Trinajstić information content (AvgIpc) is 3.20. The van der Waals surface area contributed by atoms with Crippen LogP contribution in [0.25, 0.3) is 11.3 Å². The number of nitriles is 1. The lowest BCUT2D eigenvalue weighted by molar-refractivity contribution is -0.150. The van der Waals surface area contributed by atoms with E-state index >= 15 is 0 Å². The highest BCUT2D eigenvalue weighted by molar-refractivity contribution is 9.10. The number of hydrogen-bond acceptors (Lipinski definition) is 5. The van der Waals surface area contributed by atoms with Gasteiger partial charge in [0.15, 0.2) is 5.78 Å². The second-order valence-corrected chi connectivity index (χ2v) is 12.9. The maximum Gasteiger partial charge on any atom is 0.432 e. The van der Waals surface area contributed by atoms with Crippen molar-refractivity contribution in [1.29, 1.82) is 5.26 Å². The van der Waals surface area contributed by atoms with Crippen LogP contribution in [0.5, 0.6) is 0 Å². The molecule has 1 fully saturated rings. The normalized spacial score (nSPS) is 20.1. The van der Waals surface area contributed by atoms with Crippen molar-refractivity contribution < 1.29 is 32.2 Å². The Labute approximate surface area is 275 Å². The Morgan fingerprint density at radius 3 is 2.40 bits per heavy atom. The number of Topliss-reactive ketones (excluding diaryl/α,β-unsaturated/α-hetero) is 1. The molecule has 6 nitrogen and oxygen atoms in total. The Balaban J connectivity index is 0.000000246. The van der Waals surface area contributed by atoms with Gasteiger partial charge in [-0.1, -0.05) is 49.2 Å². The van der Waals surface area contributed by atoms with Crippen molar-refractivity contribution in [3.8, 4) is 29.7 Å². The van der Waals surface area contributed by atoms with Gasteiger partial charge in [-0.05, 0) is 78.2 Å². The van der Waals surface area contributed by atoms with Crippen LogP contribution in [0.15, 0.2) is 51.5 Å². The average molecular weight is 708 g/mol. The zero-order chi connectivity index (χ0) is 33.9. The van der Waals surface area contributed by atoms with Gasteiger partial charge in [0.2, 0.25) is 0 Å². The van der Waals surface area contributed by atoms with Gasteiger partial charge in [0.1, 0.15) is 24.6 Å². The van der Waals surface area contributed by atoms with Crippen LogP contribution in [0, 0.1) is 40.9 Å². The molecule has 2 aromatic rings. The molecule has 0 amide bonds. The highest BCUT2D eigenvalue weighted by Gasteiger charge is 2.61. The third kappa shape index (κ3) is 7.92. The molecule has 4 rings (SSSR count). The number of alkyl halides is 3. The van der Waals surface area contributed by atoms with Gasteiger partial charge in [-0.25, -0.2) is 0 Å². The summed E-state index contributed by atoms with van der Waals surface area (Å²) >= 11 is 8.73. The number of ketones is 1. The number of allylic oxidation sites excluding steroid dienone is 3. The SMILES string of the molecule is C#CCC1=C(C)[C@@H](OC(=O)C2C(C=C(C)C)C2(C)C)CC1=O.CCOCn1c(-c2ccc(Cl)cc2)c(C#N)c(Br)c1C(F)(F)F. The van der Waals surface area contributed by atoms with E-state index in [4.69, 9.17) is 27.5 Å². The summed E-state index contributed by atoms with van der Waals surface area (Å²) in [6.07, 6.45) is 2.90. The second-order valence-electron chi connectivity index (χ2n) is 11.7. The van der Waals surface area contributed by atoms with Crippen LogP contribution >= 0.6 is 27.5 Å². The molecule has 0 radical (unpaired) electrons. The summed E-state index contributed by atoms with van der Waals surface area (Å²) in [6.45, 7) is 11.7. The Morgan fingerprint density at radius 1 is 1.27 bits per heavy atom. The molecule has 0 saturated heterocycles. The standard InChI is InChI=1S/C19H24O3.C15H11BrClF3N2O/c1-7-8-13-12(4)16(10-15(13)20)22-18(21)17-14(9-11(2)3)19(17,5)6;1-2-23-8-22-13(9-3-5-10(17)6-4-9)11(7-21)12(16)14(22)15(18,19)20/h1,9,14,16-17H,8,10H2,2-6H3;3-6H,2,8H2,1H3/t14?,16-,17?;/m0./s1. The third-order valence-electron chi connectivity index (χ3n) is 8.01. The van der Waals surface area contributed by atoms with Crippen LogP contribution in [0.3, 0.4) is 0 Å². The predicted molar refractivity (Wildman–Crippen MR) is 170 cm³/mol. The Morgan fingerprint density at radius 2 is 1.89 bits per heavy atom. The van der Waals surface area contributed by atoms with Crippen molar-refractivity contribution in [1.82, 2.24) is 4.57 Å². The minimum absolute atomic E-state index is 0.00385. The van der Waals surface area contributed by atoms with Crippen LogP contribution in [-0.4, -0.2) is 29.0 Å². The Bertz CT molecular complexity index is 1600. The first-order valence-electron chi connectivity index (χ1n) is 14.3. The number of ether oxygens (including phenoxy) is 2. The fraction of sp³-hybridized carbons (Fsp3) is 0.441. The molecule has 0 bridgehead atoms. The van der Waals surface area contributed by atoms with E-state index in [0.717, 1.165) is 10.1 Å². The first-order valence-corrected chi connectivity index (χ1v) is 15.4. The fourth-order valence-corrected chi connectivity index (χ4v) is 6.37. The first kappa shape index (κ1) is 36.2. The van der Waals surface area contributed by atoms with Crippen molar-refractivity contribution in [2.45, 2.75) is 73.4 Å². The van der Waals surface area contributed by atoms with E-state index in [2.05, 4.69) is 41.8 Å². The molecule has 2 aliphatic carbocycles. The predicted octanol–water partition coefficient (Wildman–Crippen LogP) is 8.90. The summed E-state index contributed by atoms with van der Waals surface area (Å²) in [5.41, 5.74) is 2.11. The molecule has 1 aromatic heterocycles. The van der Waals surface area contributed by atoms with Crippen molar-refractivity contribution in [2.75, 3.05) is 6.61 Å². The lowest BCUT2D eigenvalue weighted by Crippen LogP contribution is -2.20. The maximum atomic E-state index is 13.4. The molecular formula is C34H35BrClF3N2O4. The molecule has 2 aliphatic rings. The number of carbonyl (C=O) groups excluding carboxylic acids is 2. The number of nitrogens with zero attached hydrogens (tertiary/aromatic N) is 2. The molecule has 0 spiro atoms. The van der Waals surface area contributed by atoms with Gasteiger partial charge in [-0.15, -0.1) is 12.3 Å². The van der Waals surface area contributed by atoms with Crippen molar-refractivity contribution in [2.24, 2.45) is 17.3 Å². The van der Waals surface area contributed by atoms with Gasteiger partial charge in [0.05, 0.1) is 28.1 Å². The van der Waals surface area contributed by atoms with Gasteiger partial charge in [0, 0.05) is 23.6 Å². The lowest BCUT2D eigenvalue weighted by Gasteiger charge is -2.15. The molecular weight excluding hydrogens is 673 g/mol.